The van der Waals surface area contributed by atoms with Crippen molar-refractivity contribution in [3.63, 3.8) is 0 Å². The largest absolute Gasteiger partial charge is 0.496 e. The van der Waals surface area contributed by atoms with E-state index in [0.29, 0.717) is 23.7 Å². The Kier molecular flexibility index (Phi) is 6.93. The standard InChI is InChI=1S/C22H23BrN2O4/c1-3-4-11-24-21(26)14-25-17-7-5-6-8-19(17)29-20(22(25)27)13-15-9-10-18(28-2)16(23)12-15/h5-10,12-13H,3-4,11,14H2,1-2H3,(H,24,26)/b20-13+. The zero-order valence-electron chi connectivity index (χ0n) is 16.4. The molecule has 1 N–H and O–H groups in total. The number of hydrogen-bond donors (Lipinski definition) is 1. The molecule has 1 aliphatic rings. The number of rotatable bonds is 7. The fourth-order valence-corrected chi connectivity index (χ4v) is 3.51. The number of nitrogens with zero attached hydrogens (tertiary/aromatic N) is 1. The van der Waals surface area contributed by atoms with Crippen LogP contribution in [-0.4, -0.2) is 32.0 Å². The summed E-state index contributed by atoms with van der Waals surface area (Å²) in [6, 6.07) is 12.7. The summed E-state index contributed by atoms with van der Waals surface area (Å²) in [5.74, 6) is 0.824. The van der Waals surface area contributed by atoms with E-state index in [1.54, 1.807) is 31.4 Å². The van der Waals surface area contributed by atoms with E-state index in [9.17, 15) is 9.59 Å². The van der Waals surface area contributed by atoms with Crippen LogP contribution in [0.5, 0.6) is 11.5 Å². The van der Waals surface area contributed by atoms with Gasteiger partial charge < -0.3 is 14.8 Å². The van der Waals surface area contributed by atoms with Gasteiger partial charge in [-0.25, -0.2) is 0 Å². The van der Waals surface area contributed by atoms with Gasteiger partial charge in [0.05, 0.1) is 17.3 Å². The molecule has 6 nitrogen and oxygen atoms in total. The van der Waals surface area contributed by atoms with E-state index >= 15 is 0 Å². The molecule has 3 rings (SSSR count). The third-order valence-corrected chi connectivity index (χ3v) is 5.08. The van der Waals surface area contributed by atoms with Crippen LogP contribution in [0.3, 0.4) is 0 Å². The Labute approximate surface area is 178 Å². The first-order valence-corrected chi connectivity index (χ1v) is 10.2. The van der Waals surface area contributed by atoms with E-state index in [2.05, 4.69) is 28.2 Å². The topological polar surface area (TPSA) is 67.9 Å². The summed E-state index contributed by atoms with van der Waals surface area (Å²) in [6.07, 6.45) is 3.55. The van der Waals surface area contributed by atoms with Gasteiger partial charge in [-0.05, 0) is 58.3 Å². The van der Waals surface area contributed by atoms with E-state index in [-0.39, 0.29) is 24.1 Å². The van der Waals surface area contributed by atoms with Crippen molar-refractivity contribution in [3.8, 4) is 11.5 Å². The fourth-order valence-electron chi connectivity index (χ4n) is 2.95. The molecule has 0 spiro atoms. The van der Waals surface area contributed by atoms with E-state index in [0.717, 1.165) is 22.9 Å². The molecule has 0 saturated carbocycles. The Morgan fingerprint density at radius 3 is 2.79 bits per heavy atom. The molecule has 7 heteroatoms. The lowest BCUT2D eigenvalue weighted by Crippen LogP contribution is -2.44. The van der Waals surface area contributed by atoms with Crippen LogP contribution in [0.15, 0.2) is 52.7 Å². The minimum Gasteiger partial charge on any atom is -0.496 e. The summed E-state index contributed by atoms with van der Waals surface area (Å²) >= 11 is 3.44. The zero-order valence-corrected chi connectivity index (χ0v) is 18.0. The first kappa shape index (κ1) is 20.9. The van der Waals surface area contributed by atoms with Crippen molar-refractivity contribution >= 4 is 39.5 Å². The van der Waals surface area contributed by atoms with Crippen LogP contribution in [0.2, 0.25) is 0 Å². The third kappa shape index (κ3) is 4.98. The van der Waals surface area contributed by atoms with E-state index in [4.69, 9.17) is 9.47 Å². The van der Waals surface area contributed by atoms with Gasteiger partial charge in [0.2, 0.25) is 5.91 Å². The van der Waals surface area contributed by atoms with Crippen LogP contribution in [0.4, 0.5) is 5.69 Å². The van der Waals surface area contributed by atoms with Gasteiger partial charge in [0.1, 0.15) is 12.3 Å². The number of unbranched alkanes of at least 4 members (excludes halogenated alkanes) is 1. The van der Waals surface area contributed by atoms with Crippen LogP contribution in [0.1, 0.15) is 25.3 Å². The van der Waals surface area contributed by atoms with Gasteiger partial charge in [-0.3, -0.25) is 14.5 Å². The Morgan fingerprint density at radius 1 is 1.28 bits per heavy atom. The lowest BCUT2D eigenvalue weighted by atomic mass is 10.1. The summed E-state index contributed by atoms with van der Waals surface area (Å²) in [5.41, 5.74) is 1.35. The number of para-hydroxylation sites is 2. The average Bonchev–Trinajstić information content (AvgIpc) is 2.71. The average molecular weight is 459 g/mol. The Balaban J connectivity index is 1.88. The second-order valence-electron chi connectivity index (χ2n) is 6.57. The molecule has 152 valence electrons. The number of carbonyl (C=O) groups is 2. The molecule has 1 heterocycles. The van der Waals surface area contributed by atoms with Crippen molar-refractivity contribution in [1.82, 2.24) is 5.32 Å². The van der Waals surface area contributed by atoms with Crippen molar-refractivity contribution in [3.05, 3.63) is 58.3 Å². The summed E-state index contributed by atoms with van der Waals surface area (Å²) in [5, 5.41) is 2.85. The minimum absolute atomic E-state index is 0.0629. The predicted molar refractivity (Wildman–Crippen MR) is 116 cm³/mol. The number of carbonyl (C=O) groups excluding carboxylic acids is 2. The van der Waals surface area contributed by atoms with Crippen LogP contribution in [0, 0.1) is 0 Å². The smallest absolute Gasteiger partial charge is 0.294 e. The number of hydrogen-bond acceptors (Lipinski definition) is 4. The number of benzene rings is 2. The Hall–Kier alpha value is -2.80. The first-order chi connectivity index (χ1) is 14.0. The van der Waals surface area contributed by atoms with Gasteiger partial charge >= 0.3 is 0 Å². The summed E-state index contributed by atoms with van der Waals surface area (Å²) in [6.45, 7) is 2.59. The van der Waals surface area contributed by atoms with Crippen LogP contribution in [0.25, 0.3) is 6.08 Å². The number of ether oxygens (including phenoxy) is 2. The van der Waals surface area contributed by atoms with Crippen molar-refractivity contribution in [1.29, 1.82) is 0 Å². The van der Waals surface area contributed by atoms with E-state index in [1.807, 2.05) is 24.3 Å². The molecule has 2 aromatic carbocycles. The minimum atomic E-state index is -0.360. The van der Waals surface area contributed by atoms with Gasteiger partial charge in [0.25, 0.3) is 5.91 Å². The predicted octanol–water partition coefficient (Wildman–Crippen LogP) is 4.14. The van der Waals surface area contributed by atoms with E-state index < -0.39 is 0 Å². The molecule has 0 radical (unpaired) electrons. The normalized spacial score (nSPS) is 14.4. The van der Waals surface area contributed by atoms with Gasteiger partial charge in [-0.1, -0.05) is 31.5 Å². The molecule has 0 bridgehead atoms. The highest BCUT2D eigenvalue weighted by molar-refractivity contribution is 9.10. The molecule has 0 atom stereocenters. The summed E-state index contributed by atoms with van der Waals surface area (Å²) in [4.78, 5) is 26.9. The molecule has 0 aromatic heterocycles. The maximum Gasteiger partial charge on any atom is 0.294 e. The van der Waals surface area contributed by atoms with Gasteiger partial charge in [-0.15, -0.1) is 0 Å². The maximum absolute atomic E-state index is 13.1. The van der Waals surface area contributed by atoms with Crippen molar-refractivity contribution in [2.24, 2.45) is 0 Å². The molecule has 1 aliphatic heterocycles. The summed E-state index contributed by atoms with van der Waals surface area (Å²) < 4.78 is 11.9. The highest BCUT2D eigenvalue weighted by atomic mass is 79.9. The lowest BCUT2D eigenvalue weighted by Gasteiger charge is -2.30. The molecule has 0 fully saturated rings. The molecule has 0 unspecified atom stereocenters. The Bertz CT molecular complexity index is 942. The van der Waals surface area contributed by atoms with Crippen molar-refractivity contribution in [2.45, 2.75) is 19.8 Å². The number of methoxy groups -OCH3 is 1. The second-order valence-corrected chi connectivity index (χ2v) is 7.42. The monoisotopic (exact) mass is 458 g/mol. The second kappa shape index (κ2) is 9.60. The molecule has 2 amide bonds. The van der Waals surface area contributed by atoms with Crippen LogP contribution >= 0.6 is 15.9 Å². The van der Waals surface area contributed by atoms with Crippen LogP contribution < -0.4 is 19.7 Å². The first-order valence-electron chi connectivity index (χ1n) is 9.44. The number of amides is 2. The Morgan fingerprint density at radius 2 is 2.07 bits per heavy atom. The van der Waals surface area contributed by atoms with Gasteiger partial charge in [-0.2, -0.15) is 0 Å². The molecular formula is C22H23BrN2O4. The zero-order chi connectivity index (χ0) is 20.8. The van der Waals surface area contributed by atoms with Gasteiger partial charge in [0.15, 0.2) is 11.5 Å². The number of nitrogens with one attached hydrogen (secondary N) is 1. The van der Waals surface area contributed by atoms with Gasteiger partial charge in [0, 0.05) is 6.54 Å². The number of anilines is 1. The molecule has 0 aliphatic carbocycles. The molecular weight excluding hydrogens is 436 g/mol. The molecule has 29 heavy (non-hydrogen) atoms. The summed E-state index contributed by atoms with van der Waals surface area (Å²) in [7, 11) is 1.59. The molecule has 2 aromatic rings. The maximum atomic E-state index is 13.1. The SMILES string of the molecule is CCCCNC(=O)CN1C(=O)/C(=C\c2ccc(OC)c(Br)c2)Oc2ccccc21. The van der Waals surface area contributed by atoms with Crippen molar-refractivity contribution < 1.29 is 19.1 Å². The molecule has 0 saturated heterocycles. The number of fused-ring (bicyclic) bond motifs is 1. The highest BCUT2D eigenvalue weighted by Gasteiger charge is 2.31. The fraction of sp³-hybridized carbons (Fsp3) is 0.273. The number of halogens is 1. The van der Waals surface area contributed by atoms with E-state index in [1.165, 1.54) is 4.90 Å². The third-order valence-electron chi connectivity index (χ3n) is 4.46. The lowest BCUT2D eigenvalue weighted by molar-refractivity contribution is -0.123. The van der Waals surface area contributed by atoms with Crippen molar-refractivity contribution in [2.75, 3.05) is 25.1 Å². The van der Waals surface area contributed by atoms with Crippen LogP contribution in [-0.2, 0) is 9.59 Å². The quantitative estimate of drug-likeness (QED) is 0.499. The highest BCUT2D eigenvalue weighted by Crippen LogP contribution is 2.36.